The molecular formula is C22H26N6O2. The summed E-state index contributed by atoms with van der Waals surface area (Å²) in [5.74, 6) is 0.446. The highest BCUT2D eigenvalue weighted by atomic mass is 16.2. The van der Waals surface area contributed by atoms with Crippen molar-refractivity contribution >= 4 is 23.3 Å². The quantitative estimate of drug-likeness (QED) is 0.680. The first-order valence-corrected chi connectivity index (χ1v) is 10.5. The van der Waals surface area contributed by atoms with Crippen LogP contribution >= 0.6 is 0 Å². The van der Waals surface area contributed by atoms with Crippen LogP contribution in [-0.2, 0) is 22.4 Å². The van der Waals surface area contributed by atoms with E-state index in [1.807, 2.05) is 34.9 Å². The van der Waals surface area contributed by atoms with Gasteiger partial charge in [-0.05, 0) is 38.3 Å². The van der Waals surface area contributed by atoms with Crippen LogP contribution in [0.1, 0.15) is 45.0 Å². The third-order valence-corrected chi connectivity index (χ3v) is 5.65. The van der Waals surface area contributed by atoms with E-state index in [0.29, 0.717) is 24.4 Å². The van der Waals surface area contributed by atoms with Crippen LogP contribution in [0.15, 0.2) is 30.5 Å². The molecule has 0 bridgehead atoms. The average Bonchev–Trinajstić information content (AvgIpc) is 3.38. The summed E-state index contributed by atoms with van der Waals surface area (Å²) < 4.78 is 2.01. The summed E-state index contributed by atoms with van der Waals surface area (Å²) in [4.78, 5) is 30.6. The number of benzene rings is 1. The third-order valence-electron chi connectivity index (χ3n) is 5.65. The van der Waals surface area contributed by atoms with Gasteiger partial charge in [0, 0.05) is 36.1 Å². The zero-order chi connectivity index (χ0) is 21.3. The van der Waals surface area contributed by atoms with E-state index < -0.39 is 6.04 Å². The topological polar surface area (TPSA) is 92.5 Å². The number of anilines is 1. The average molecular weight is 406 g/mol. The Bertz CT molecular complexity index is 1090. The molecule has 2 aromatic heterocycles. The molecule has 8 heteroatoms. The van der Waals surface area contributed by atoms with E-state index in [4.69, 9.17) is 0 Å². The monoisotopic (exact) mass is 406 g/mol. The highest BCUT2D eigenvalue weighted by Crippen LogP contribution is 2.23. The summed E-state index contributed by atoms with van der Waals surface area (Å²) in [6.45, 7) is 6.58. The van der Waals surface area contributed by atoms with E-state index in [0.717, 1.165) is 41.9 Å². The molecule has 0 saturated carbocycles. The molecule has 3 aromatic rings. The minimum atomic E-state index is -0.475. The van der Waals surface area contributed by atoms with Gasteiger partial charge in [0.1, 0.15) is 6.04 Å². The normalized spacial score (nSPS) is 15.0. The van der Waals surface area contributed by atoms with Crippen LogP contribution in [-0.4, -0.2) is 48.9 Å². The van der Waals surface area contributed by atoms with Gasteiger partial charge in [0.2, 0.25) is 11.8 Å². The number of carbonyl (C=O) groups excluding carboxylic acids is 2. The molecule has 0 radical (unpaired) electrons. The van der Waals surface area contributed by atoms with Crippen molar-refractivity contribution in [1.29, 1.82) is 0 Å². The lowest BCUT2D eigenvalue weighted by Crippen LogP contribution is -2.42. The Morgan fingerprint density at radius 2 is 1.93 bits per heavy atom. The first-order chi connectivity index (χ1) is 14.5. The van der Waals surface area contributed by atoms with Gasteiger partial charge in [-0.2, -0.15) is 5.10 Å². The number of likely N-dealkylation sites (tertiary alicyclic amines) is 1. The molecule has 8 nitrogen and oxygen atoms in total. The molecule has 30 heavy (non-hydrogen) atoms. The Balaban J connectivity index is 1.52. The Kier molecular flexibility index (Phi) is 5.48. The fourth-order valence-corrected chi connectivity index (χ4v) is 3.92. The lowest BCUT2D eigenvalue weighted by atomic mass is 10.1. The van der Waals surface area contributed by atoms with Crippen molar-refractivity contribution in [2.24, 2.45) is 0 Å². The highest BCUT2D eigenvalue weighted by molar-refractivity contribution is 5.97. The van der Waals surface area contributed by atoms with Crippen molar-refractivity contribution in [3.8, 4) is 11.3 Å². The molecule has 4 rings (SSSR count). The second kappa shape index (κ2) is 8.22. The zero-order valence-electron chi connectivity index (χ0n) is 17.6. The second-order valence-corrected chi connectivity index (χ2v) is 7.53. The molecule has 1 aliphatic rings. The van der Waals surface area contributed by atoms with Gasteiger partial charge >= 0.3 is 0 Å². The van der Waals surface area contributed by atoms with Crippen molar-refractivity contribution in [2.45, 2.75) is 52.5 Å². The lowest BCUT2D eigenvalue weighted by molar-refractivity contribution is -0.134. The Morgan fingerprint density at radius 3 is 2.57 bits per heavy atom. The van der Waals surface area contributed by atoms with Gasteiger partial charge in [-0.3, -0.25) is 14.0 Å². The minimum absolute atomic E-state index is 0.0422. The first kappa shape index (κ1) is 20.0. The van der Waals surface area contributed by atoms with E-state index in [9.17, 15) is 9.59 Å². The van der Waals surface area contributed by atoms with Gasteiger partial charge in [0.15, 0.2) is 0 Å². The van der Waals surface area contributed by atoms with E-state index in [1.165, 1.54) is 0 Å². The van der Waals surface area contributed by atoms with Gasteiger partial charge < -0.3 is 10.2 Å². The molecule has 2 amide bonds. The predicted octanol–water partition coefficient (Wildman–Crippen LogP) is 2.87. The molecule has 1 atom stereocenters. The van der Waals surface area contributed by atoms with Gasteiger partial charge in [0.05, 0.1) is 11.4 Å². The van der Waals surface area contributed by atoms with Crippen LogP contribution in [0.25, 0.3) is 17.0 Å². The van der Waals surface area contributed by atoms with Crippen molar-refractivity contribution in [2.75, 3.05) is 11.9 Å². The third kappa shape index (κ3) is 3.65. The van der Waals surface area contributed by atoms with Crippen LogP contribution < -0.4 is 5.32 Å². The smallest absolute Gasteiger partial charge is 0.254 e. The van der Waals surface area contributed by atoms with E-state index in [-0.39, 0.29) is 11.8 Å². The summed E-state index contributed by atoms with van der Waals surface area (Å²) in [6, 6.07) is 7.06. The maximum Gasteiger partial charge on any atom is 0.254 e. The molecule has 1 aromatic carbocycles. The van der Waals surface area contributed by atoms with Crippen molar-refractivity contribution in [1.82, 2.24) is 24.5 Å². The maximum absolute atomic E-state index is 12.5. The number of hydrogen-bond acceptors (Lipinski definition) is 5. The minimum Gasteiger partial charge on any atom is -0.331 e. The molecule has 1 N–H and O–H groups in total. The number of fused-ring (bicyclic) bond motifs is 1. The second-order valence-electron chi connectivity index (χ2n) is 7.53. The van der Waals surface area contributed by atoms with Crippen molar-refractivity contribution in [3.05, 3.63) is 41.9 Å². The van der Waals surface area contributed by atoms with Crippen molar-refractivity contribution < 1.29 is 9.59 Å². The molecule has 1 fully saturated rings. The predicted molar refractivity (Wildman–Crippen MR) is 114 cm³/mol. The van der Waals surface area contributed by atoms with Crippen molar-refractivity contribution in [3.63, 3.8) is 0 Å². The number of nitrogens with zero attached hydrogens (tertiary/aromatic N) is 5. The highest BCUT2D eigenvalue weighted by Gasteiger charge is 2.29. The summed E-state index contributed by atoms with van der Waals surface area (Å²) >= 11 is 0. The molecule has 156 valence electrons. The SMILES string of the molecule is CCc1nnc2nc(-c3ccc(NC(=O)C(C)N4CCCC4=O)cc3)cn2c1CC. The van der Waals surface area contributed by atoms with Crippen LogP contribution in [0.3, 0.4) is 0 Å². The molecule has 0 spiro atoms. The molecule has 1 saturated heterocycles. The van der Waals surface area contributed by atoms with Crippen LogP contribution in [0, 0.1) is 0 Å². The number of aryl methyl sites for hydroxylation is 2. The number of rotatable bonds is 6. The Morgan fingerprint density at radius 1 is 1.17 bits per heavy atom. The Hall–Kier alpha value is -3.29. The summed E-state index contributed by atoms with van der Waals surface area (Å²) in [7, 11) is 0. The molecular weight excluding hydrogens is 380 g/mol. The standard InChI is InChI=1S/C22H26N6O2/c1-4-17-19(5-2)28-13-18(24-22(28)26-25-17)15-8-10-16(11-9-15)23-21(30)14(3)27-12-6-7-20(27)29/h8-11,13-14H,4-7,12H2,1-3H3,(H,23,30). The Labute approximate surface area is 175 Å². The number of amides is 2. The van der Waals surface area contributed by atoms with Gasteiger partial charge in [-0.1, -0.05) is 26.0 Å². The van der Waals surface area contributed by atoms with Gasteiger partial charge in [0.25, 0.3) is 5.78 Å². The largest absolute Gasteiger partial charge is 0.331 e. The number of nitrogens with one attached hydrogen (secondary N) is 1. The summed E-state index contributed by atoms with van der Waals surface area (Å²) in [6.07, 6.45) is 5.00. The molecule has 1 aliphatic heterocycles. The lowest BCUT2D eigenvalue weighted by Gasteiger charge is -2.23. The summed E-state index contributed by atoms with van der Waals surface area (Å²) in [5, 5.41) is 11.4. The van der Waals surface area contributed by atoms with E-state index >= 15 is 0 Å². The number of hydrogen-bond donors (Lipinski definition) is 1. The van der Waals surface area contributed by atoms with Crippen LogP contribution in [0.5, 0.6) is 0 Å². The number of aromatic nitrogens is 4. The van der Waals surface area contributed by atoms with E-state index in [1.54, 1.807) is 11.8 Å². The molecule has 1 unspecified atom stereocenters. The zero-order valence-corrected chi connectivity index (χ0v) is 17.6. The van der Waals surface area contributed by atoms with Crippen LogP contribution in [0.4, 0.5) is 5.69 Å². The van der Waals surface area contributed by atoms with E-state index in [2.05, 4.69) is 34.3 Å². The summed E-state index contributed by atoms with van der Waals surface area (Å²) in [5.41, 5.74) is 4.53. The fourth-order valence-electron chi connectivity index (χ4n) is 3.92. The molecule has 3 heterocycles. The van der Waals surface area contributed by atoms with Crippen LogP contribution in [0.2, 0.25) is 0 Å². The fraction of sp³-hybridized carbons (Fsp3) is 0.409. The number of imidazole rings is 1. The molecule has 0 aliphatic carbocycles. The maximum atomic E-state index is 12.5. The van der Waals surface area contributed by atoms with Gasteiger partial charge in [-0.25, -0.2) is 4.98 Å². The van der Waals surface area contributed by atoms with Gasteiger partial charge in [-0.15, -0.1) is 5.10 Å². The first-order valence-electron chi connectivity index (χ1n) is 10.5. The number of carbonyl (C=O) groups is 2.